The van der Waals surface area contributed by atoms with Crippen molar-refractivity contribution in [2.24, 2.45) is 0 Å². The van der Waals surface area contributed by atoms with Gasteiger partial charge in [-0.3, -0.25) is 0 Å². The second kappa shape index (κ2) is 8.68. The van der Waals surface area contributed by atoms with Crippen LogP contribution in [0, 0.1) is 5.82 Å². The van der Waals surface area contributed by atoms with Gasteiger partial charge in [0.05, 0.1) is 4.47 Å². The number of hydrogen-bond acceptors (Lipinski definition) is 9. The Morgan fingerprint density at radius 1 is 1.21 bits per heavy atom. The summed E-state index contributed by atoms with van der Waals surface area (Å²) in [7, 11) is 0. The van der Waals surface area contributed by atoms with Gasteiger partial charge in [-0.1, -0.05) is 12.7 Å². The number of carboxylic acids is 1. The maximum atomic E-state index is 13.9. The third kappa shape index (κ3) is 3.64. The summed E-state index contributed by atoms with van der Waals surface area (Å²) in [6.45, 7) is 3.68. The lowest BCUT2D eigenvalue weighted by Gasteiger charge is -2.45. The lowest BCUT2D eigenvalue weighted by atomic mass is 9.87. The first-order chi connectivity index (χ1) is 15.9. The predicted molar refractivity (Wildman–Crippen MR) is 121 cm³/mol. The van der Waals surface area contributed by atoms with Gasteiger partial charge in [-0.15, -0.1) is 0 Å². The quantitative estimate of drug-likeness (QED) is 0.259. The Kier molecular flexibility index (Phi) is 6.31. The first-order valence-corrected chi connectivity index (χ1v) is 11.1. The largest absolute Gasteiger partial charge is 0.505 e. The number of aromatic hydroxyl groups is 1. The molecule has 0 radical (unpaired) electrons. The summed E-state index contributed by atoms with van der Waals surface area (Å²) >= 11 is 6.52. The molecule has 34 heavy (non-hydrogen) atoms. The number of fused-ring (bicyclic) bond motifs is 1. The summed E-state index contributed by atoms with van der Waals surface area (Å²) in [5, 5.41) is 60.9. The van der Waals surface area contributed by atoms with Crippen LogP contribution in [-0.2, 0) is 15.3 Å². The van der Waals surface area contributed by atoms with Gasteiger partial charge in [0.2, 0.25) is 11.7 Å². The SMILES string of the molecule is C=Cc1c(Br)c(C2(O)O[C@H](C(=O)O)[C@@H](O)[C@H](O)[C@H]2O)c(Br)c2nc(-c3ccc(O)c(F)c3)oc12. The smallest absolute Gasteiger partial charge is 0.335 e. The van der Waals surface area contributed by atoms with E-state index >= 15 is 0 Å². The zero-order valence-corrected chi connectivity index (χ0v) is 20.0. The maximum Gasteiger partial charge on any atom is 0.335 e. The molecule has 1 fully saturated rings. The summed E-state index contributed by atoms with van der Waals surface area (Å²) in [6.07, 6.45) is -7.07. The van der Waals surface area contributed by atoms with E-state index in [1.807, 2.05) is 0 Å². The summed E-state index contributed by atoms with van der Waals surface area (Å²) in [5.41, 5.74) is 0.265. The van der Waals surface area contributed by atoms with Gasteiger partial charge in [-0.2, -0.15) is 0 Å². The number of aliphatic hydroxyl groups excluding tert-OH is 3. The number of oxazole rings is 1. The van der Waals surface area contributed by atoms with Crippen LogP contribution in [-0.4, -0.2) is 66.0 Å². The van der Waals surface area contributed by atoms with E-state index in [-0.39, 0.29) is 42.6 Å². The molecule has 4 rings (SSSR count). The molecule has 6 N–H and O–H groups in total. The zero-order chi connectivity index (χ0) is 25.1. The van der Waals surface area contributed by atoms with E-state index in [9.17, 15) is 39.8 Å². The van der Waals surface area contributed by atoms with Crippen LogP contribution in [0.15, 0.2) is 38.1 Å². The van der Waals surface area contributed by atoms with Crippen LogP contribution >= 0.6 is 31.9 Å². The number of halogens is 3. The summed E-state index contributed by atoms with van der Waals surface area (Å²) in [4.78, 5) is 15.8. The molecule has 0 aliphatic carbocycles. The van der Waals surface area contributed by atoms with Crippen LogP contribution in [0.2, 0.25) is 0 Å². The first-order valence-electron chi connectivity index (χ1n) is 9.52. The van der Waals surface area contributed by atoms with E-state index in [1.165, 1.54) is 12.1 Å². The highest BCUT2D eigenvalue weighted by Crippen LogP contribution is 2.48. The van der Waals surface area contributed by atoms with Gasteiger partial charge in [0.25, 0.3) is 0 Å². The average molecular weight is 605 g/mol. The Hall–Kier alpha value is -2.39. The standard InChI is InChI=1S/C21H16Br2FNO9/c1-2-7-11(22)10(21(32)18(29)15(28)14(27)17(34-21)20(30)31)12(23)13-16(7)33-19(25-13)6-3-4-9(26)8(24)5-6/h2-5,14-15,17-18,26-29,32H,1H2,(H,30,31)/t14-,15-,17-,18+,21?/m0/s1. The normalized spacial score (nSPS) is 27.1. The summed E-state index contributed by atoms with van der Waals surface area (Å²) < 4.78 is 24.9. The zero-order valence-electron chi connectivity index (χ0n) is 16.8. The van der Waals surface area contributed by atoms with Gasteiger partial charge >= 0.3 is 5.97 Å². The fourth-order valence-corrected chi connectivity index (χ4v) is 5.54. The van der Waals surface area contributed by atoms with Gasteiger partial charge in [0.15, 0.2) is 23.3 Å². The minimum Gasteiger partial charge on any atom is -0.505 e. The second-order valence-electron chi connectivity index (χ2n) is 7.48. The molecule has 5 atom stereocenters. The van der Waals surface area contributed by atoms with Crippen LogP contribution in [0.3, 0.4) is 0 Å². The number of hydrogen-bond donors (Lipinski definition) is 6. The molecule has 1 unspecified atom stereocenters. The number of phenolic OH excluding ortho intramolecular Hbond substituents is 1. The second-order valence-corrected chi connectivity index (χ2v) is 9.07. The number of phenols is 1. The van der Waals surface area contributed by atoms with Gasteiger partial charge in [-0.25, -0.2) is 14.2 Å². The Bertz CT molecular complexity index is 1330. The van der Waals surface area contributed by atoms with Crippen molar-refractivity contribution in [1.29, 1.82) is 0 Å². The molecule has 1 aromatic heterocycles. The lowest BCUT2D eigenvalue weighted by molar-refractivity contribution is -0.350. The highest BCUT2D eigenvalue weighted by molar-refractivity contribution is 9.11. The van der Waals surface area contributed by atoms with Crippen LogP contribution in [0.4, 0.5) is 4.39 Å². The van der Waals surface area contributed by atoms with E-state index in [4.69, 9.17) is 9.15 Å². The maximum absolute atomic E-state index is 13.9. The molecule has 1 saturated heterocycles. The number of nitrogens with zero attached hydrogens (tertiary/aromatic N) is 1. The molecule has 1 aliphatic heterocycles. The Morgan fingerprint density at radius 3 is 2.47 bits per heavy atom. The van der Waals surface area contributed by atoms with Crippen LogP contribution in [0.1, 0.15) is 11.1 Å². The van der Waals surface area contributed by atoms with Gasteiger partial charge in [0.1, 0.15) is 23.8 Å². The fraction of sp³-hybridized carbons (Fsp3) is 0.238. The average Bonchev–Trinajstić information content (AvgIpc) is 3.22. The molecule has 0 spiro atoms. The van der Waals surface area contributed by atoms with E-state index < -0.39 is 47.7 Å². The van der Waals surface area contributed by atoms with E-state index in [1.54, 1.807) is 0 Å². The van der Waals surface area contributed by atoms with Crippen molar-refractivity contribution < 1.29 is 49.0 Å². The first kappa shape index (κ1) is 24.7. The third-order valence-electron chi connectivity index (χ3n) is 5.45. The minimum atomic E-state index is -2.84. The molecule has 0 amide bonds. The van der Waals surface area contributed by atoms with Crippen molar-refractivity contribution in [3.8, 4) is 17.2 Å². The van der Waals surface area contributed by atoms with Crippen molar-refractivity contribution in [2.45, 2.75) is 30.2 Å². The lowest BCUT2D eigenvalue weighted by Crippen LogP contribution is -2.64. The molecule has 2 heterocycles. The molecule has 2 aromatic carbocycles. The Labute approximate surface area is 206 Å². The molecule has 0 bridgehead atoms. The molecule has 0 saturated carbocycles. The Morgan fingerprint density at radius 2 is 1.88 bits per heavy atom. The number of rotatable bonds is 4. The molecular weight excluding hydrogens is 589 g/mol. The minimum absolute atomic E-state index is 0.0245. The van der Waals surface area contributed by atoms with E-state index in [0.717, 1.165) is 12.1 Å². The van der Waals surface area contributed by atoms with Crippen molar-refractivity contribution in [3.63, 3.8) is 0 Å². The van der Waals surface area contributed by atoms with Crippen molar-refractivity contribution >= 4 is 55.0 Å². The van der Waals surface area contributed by atoms with Crippen molar-refractivity contribution in [1.82, 2.24) is 4.98 Å². The van der Waals surface area contributed by atoms with Gasteiger partial charge in [-0.05, 0) is 50.1 Å². The highest BCUT2D eigenvalue weighted by Gasteiger charge is 2.57. The van der Waals surface area contributed by atoms with Crippen LogP contribution in [0.25, 0.3) is 28.6 Å². The Balaban J connectivity index is 1.97. The molecule has 1 aliphatic rings. The summed E-state index contributed by atoms with van der Waals surface area (Å²) in [5.74, 6) is -6.08. The number of carbonyl (C=O) groups is 1. The topological polar surface area (TPSA) is 174 Å². The molecule has 180 valence electrons. The molecular formula is C21H16Br2FNO9. The number of carboxylic acid groups (broad SMARTS) is 1. The van der Waals surface area contributed by atoms with E-state index in [0.29, 0.717) is 0 Å². The predicted octanol–water partition coefficient (Wildman–Crippen LogP) is 2.22. The van der Waals surface area contributed by atoms with Gasteiger partial charge < -0.3 is 39.8 Å². The monoisotopic (exact) mass is 603 g/mol. The molecule has 13 heteroatoms. The van der Waals surface area contributed by atoms with Crippen molar-refractivity contribution in [3.05, 3.63) is 50.7 Å². The number of ether oxygens (including phenoxy) is 1. The van der Waals surface area contributed by atoms with Crippen molar-refractivity contribution in [2.75, 3.05) is 0 Å². The highest BCUT2D eigenvalue weighted by atomic mass is 79.9. The summed E-state index contributed by atoms with van der Waals surface area (Å²) in [6, 6.07) is 3.46. The van der Waals surface area contributed by atoms with Crippen LogP contribution in [0.5, 0.6) is 5.75 Å². The number of aliphatic hydroxyl groups is 4. The van der Waals surface area contributed by atoms with E-state index in [2.05, 4.69) is 43.4 Å². The molecule has 10 nitrogen and oxygen atoms in total. The fourth-order valence-electron chi connectivity index (χ4n) is 3.69. The number of aromatic nitrogens is 1. The van der Waals surface area contributed by atoms with Gasteiger partial charge in [0, 0.05) is 21.2 Å². The molecule has 3 aromatic rings. The number of benzene rings is 2. The van der Waals surface area contributed by atoms with Crippen LogP contribution < -0.4 is 0 Å². The number of aliphatic carboxylic acids is 1. The third-order valence-corrected chi connectivity index (χ3v) is 7.04.